The van der Waals surface area contributed by atoms with Gasteiger partial charge in [0.2, 0.25) is 0 Å². The van der Waals surface area contributed by atoms with Crippen molar-refractivity contribution in [1.82, 2.24) is 0 Å². The highest BCUT2D eigenvalue weighted by Gasteiger charge is 2.10. The molecule has 1 rings (SSSR count). The van der Waals surface area contributed by atoms with Gasteiger partial charge < -0.3 is 9.47 Å². The van der Waals surface area contributed by atoms with Gasteiger partial charge in [0.1, 0.15) is 5.75 Å². The maximum atomic E-state index is 11.6. The number of benzene rings is 1. The van der Waals surface area contributed by atoms with Gasteiger partial charge in [0, 0.05) is 22.9 Å². The number of ether oxygens (including phenoxy) is 2. The summed E-state index contributed by atoms with van der Waals surface area (Å²) in [5.74, 6) is 1.62. The predicted octanol–water partition coefficient (Wildman–Crippen LogP) is 3.63. The molecule has 0 saturated heterocycles. The molecule has 0 bridgehead atoms. The molecule has 1 atom stereocenters. The summed E-state index contributed by atoms with van der Waals surface area (Å²) < 4.78 is 9.94. The fourth-order valence-electron chi connectivity index (χ4n) is 1.44. The second-order valence-corrected chi connectivity index (χ2v) is 5.10. The van der Waals surface area contributed by atoms with Gasteiger partial charge in [0.15, 0.2) is 6.10 Å². The Bertz CT molecular complexity index is 543. The van der Waals surface area contributed by atoms with Crippen molar-refractivity contribution in [2.24, 2.45) is 0 Å². The van der Waals surface area contributed by atoms with Crippen LogP contribution in [0.4, 0.5) is 0 Å². The first-order valence-electron chi connectivity index (χ1n) is 6.23. The summed E-state index contributed by atoms with van der Waals surface area (Å²) >= 11 is 11.6. The molecule has 6 heteroatoms. The molecule has 0 aliphatic rings. The topological polar surface area (TPSA) is 52.6 Å². The van der Waals surface area contributed by atoms with E-state index in [2.05, 4.69) is 5.92 Å². The number of esters is 2. The van der Waals surface area contributed by atoms with E-state index in [1.165, 1.54) is 18.2 Å². The van der Waals surface area contributed by atoms with Gasteiger partial charge in [0.05, 0.1) is 0 Å². The van der Waals surface area contributed by atoms with Crippen LogP contribution in [0.15, 0.2) is 18.2 Å². The van der Waals surface area contributed by atoms with E-state index in [-0.39, 0.29) is 18.6 Å². The van der Waals surface area contributed by atoms with Gasteiger partial charge in [-0.25, -0.2) is 0 Å². The number of rotatable bonds is 6. The Balaban J connectivity index is 2.35. The van der Waals surface area contributed by atoms with E-state index in [0.29, 0.717) is 16.5 Å². The average Bonchev–Trinajstić information content (AvgIpc) is 2.37. The maximum absolute atomic E-state index is 11.6. The zero-order valence-corrected chi connectivity index (χ0v) is 12.9. The number of carbonyl (C=O) groups excluding carboxylic acids is 2. The maximum Gasteiger partial charge on any atom is 0.311 e. The Morgan fingerprint density at radius 3 is 2.33 bits per heavy atom. The third-order valence-electron chi connectivity index (χ3n) is 2.37. The number of hydrogen-bond acceptors (Lipinski definition) is 4. The van der Waals surface area contributed by atoms with Gasteiger partial charge in [0.25, 0.3) is 0 Å². The fourth-order valence-corrected chi connectivity index (χ4v) is 1.94. The molecule has 1 aromatic rings. The summed E-state index contributed by atoms with van der Waals surface area (Å²) in [7, 11) is 0. The van der Waals surface area contributed by atoms with E-state index in [0.717, 1.165) is 0 Å². The van der Waals surface area contributed by atoms with Crippen molar-refractivity contribution in [2.75, 3.05) is 0 Å². The van der Waals surface area contributed by atoms with Crippen molar-refractivity contribution in [3.05, 3.63) is 28.2 Å². The zero-order chi connectivity index (χ0) is 15.8. The molecule has 0 heterocycles. The first kappa shape index (κ1) is 17.4. The summed E-state index contributed by atoms with van der Waals surface area (Å²) in [6, 6.07) is 4.49. The van der Waals surface area contributed by atoms with Crippen LogP contribution in [0.25, 0.3) is 0 Å². The largest absolute Gasteiger partial charge is 0.449 e. The molecule has 0 N–H and O–H groups in total. The van der Waals surface area contributed by atoms with Gasteiger partial charge in [-0.05, 0) is 31.5 Å². The van der Waals surface area contributed by atoms with Crippen LogP contribution in [0, 0.1) is 12.3 Å². The summed E-state index contributed by atoms with van der Waals surface area (Å²) in [5.41, 5.74) is 0. The standard InChI is InChI=1S/C15H14Cl2O4/c1-3-10(2)20-14(18)5-4-6-15(19)21-13-8-11(16)7-12(17)9-13/h1,7-10H,4-6H2,2H3. The molecule has 0 amide bonds. The normalized spacial score (nSPS) is 11.3. The first-order chi connectivity index (χ1) is 9.90. The van der Waals surface area contributed by atoms with Crippen LogP contribution in [0.1, 0.15) is 26.2 Å². The minimum Gasteiger partial charge on any atom is -0.449 e. The molecule has 1 unspecified atom stereocenters. The summed E-state index contributed by atoms with van der Waals surface area (Å²) in [6.45, 7) is 1.59. The highest BCUT2D eigenvalue weighted by atomic mass is 35.5. The lowest BCUT2D eigenvalue weighted by Crippen LogP contribution is -2.14. The van der Waals surface area contributed by atoms with E-state index in [4.69, 9.17) is 39.1 Å². The molecule has 21 heavy (non-hydrogen) atoms. The van der Waals surface area contributed by atoms with Crippen LogP contribution in [0.5, 0.6) is 5.75 Å². The zero-order valence-electron chi connectivity index (χ0n) is 11.4. The molecule has 0 fully saturated rings. The molecule has 0 radical (unpaired) electrons. The van der Waals surface area contributed by atoms with Crippen molar-refractivity contribution in [3.8, 4) is 18.1 Å². The van der Waals surface area contributed by atoms with Crippen molar-refractivity contribution < 1.29 is 19.1 Å². The summed E-state index contributed by atoms with van der Waals surface area (Å²) in [5, 5.41) is 0.745. The molecule has 0 saturated carbocycles. The van der Waals surface area contributed by atoms with Crippen LogP contribution in [0.3, 0.4) is 0 Å². The third-order valence-corrected chi connectivity index (χ3v) is 2.81. The second-order valence-electron chi connectivity index (χ2n) is 4.23. The van der Waals surface area contributed by atoms with E-state index in [1.807, 2.05) is 0 Å². The molecule has 0 spiro atoms. The molecule has 112 valence electrons. The SMILES string of the molecule is C#CC(C)OC(=O)CCCC(=O)Oc1cc(Cl)cc(Cl)c1. The lowest BCUT2D eigenvalue weighted by atomic mass is 10.2. The van der Waals surface area contributed by atoms with E-state index in [9.17, 15) is 9.59 Å². The monoisotopic (exact) mass is 328 g/mol. The van der Waals surface area contributed by atoms with E-state index >= 15 is 0 Å². The summed E-state index contributed by atoms with van der Waals surface area (Å²) in [6.07, 6.45) is 4.99. The number of halogens is 2. The van der Waals surface area contributed by atoms with Gasteiger partial charge in [-0.1, -0.05) is 29.1 Å². The average molecular weight is 329 g/mol. The Kier molecular flexibility index (Phi) is 7.07. The fraction of sp³-hybridized carbons (Fsp3) is 0.333. The first-order valence-corrected chi connectivity index (χ1v) is 6.98. The third kappa shape index (κ3) is 7.03. The highest BCUT2D eigenvalue weighted by Crippen LogP contribution is 2.24. The van der Waals surface area contributed by atoms with Gasteiger partial charge in [-0.3, -0.25) is 9.59 Å². The Morgan fingerprint density at radius 1 is 1.19 bits per heavy atom. The lowest BCUT2D eigenvalue weighted by Gasteiger charge is -2.07. The number of carbonyl (C=O) groups is 2. The van der Waals surface area contributed by atoms with Crippen LogP contribution >= 0.6 is 23.2 Å². The summed E-state index contributed by atoms with van der Waals surface area (Å²) in [4.78, 5) is 22.9. The Labute approximate surface area is 133 Å². The quantitative estimate of drug-likeness (QED) is 0.454. The molecule has 4 nitrogen and oxygen atoms in total. The van der Waals surface area contributed by atoms with E-state index in [1.54, 1.807) is 6.92 Å². The van der Waals surface area contributed by atoms with E-state index < -0.39 is 18.0 Å². The van der Waals surface area contributed by atoms with Gasteiger partial charge >= 0.3 is 11.9 Å². The predicted molar refractivity (Wildman–Crippen MR) is 80.3 cm³/mol. The van der Waals surface area contributed by atoms with Crippen molar-refractivity contribution in [3.63, 3.8) is 0 Å². The molecular weight excluding hydrogens is 315 g/mol. The second kappa shape index (κ2) is 8.56. The number of hydrogen-bond donors (Lipinski definition) is 0. The Morgan fingerprint density at radius 2 is 1.76 bits per heavy atom. The van der Waals surface area contributed by atoms with Crippen molar-refractivity contribution >= 4 is 35.1 Å². The van der Waals surface area contributed by atoms with Crippen LogP contribution in [0.2, 0.25) is 10.0 Å². The highest BCUT2D eigenvalue weighted by molar-refractivity contribution is 6.34. The van der Waals surface area contributed by atoms with Crippen LogP contribution in [-0.4, -0.2) is 18.0 Å². The van der Waals surface area contributed by atoms with Crippen LogP contribution < -0.4 is 4.74 Å². The van der Waals surface area contributed by atoms with Crippen LogP contribution in [-0.2, 0) is 14.3 Å². The van der Waals surface area contributed by atoms with Gasteiger partial charge in [-0.2, -0.15) is 0 Å². The van der Waals surface area contributed by atoms with Gasteiger partial charge in [-0.15, -0.1) is 6.42 Å². The molecule has 0 aliphatic heterocycles. The molecular formula is C15H14Cl2O4. The van der Waals surface area contributed by atoms with Crippen molar-refractivity contribution in [1.29, 1.82) is 0 Å². The molecule has 0 aliphatic carbocycles. The molecule has 1 aromatic carbocycles. The smallest absolute Gasteiger partial charge is 0.311 e. The minimum atomic E-state index is -0.571. The Hall–Kier alpha value is -1.70. The lowest BCUT2D eigenvalue weighted by molar-refractivity contribution is -0.146. The van der Waals surface area contributed by atoms with Crippen molar-refractivity contribution in [2.45, 2.75) is 32.3 Å². The number of terminal acetylenes is 1. The minimum absolute atomic E-state index is 0.0731. The molecule has 0 aromatic heterocycles.